The number of methoxy groups -OCH3 is 2. The molecule has 3 aromatic rings. The number of rotatable bonds is 4. The number of benzene rings is 2. The van der Waals surface area contributed by atoms with Crippen LogP contribution in [0.5, 0.6) is 11.5 Å². The van der Waals surface area contributed by atoms with Gasteiger partial charge in [0.15, 0.2) is 11.5 Å². The van der Waals surface area contributed by atoms with Crippen LogP contribution in [0.1, 0.15) is 16.8 Å². The van der Waals surface area contributed by atoms with Gasteiger partial charge in [-0.15, -0.1) is 0 Å². The summed E-state index contributed by atoms with van der Waals surface area (Å²) in [5.41, 5.74) is 3.86. The maximum atomic E-state index is 13.2. The Morgan fingerprint density at radius 1 is 1.06 bits per heavy atom. The lowest BCUT2D eigenvalue weighted by atomic mass is 9.94. The molecule has 158 valence electrons. The van der Waals surface area contributed by atoms with E-state index in [0.29, 0.717) is 24.5 Å². The quantitative estimate of drug-likeness (QED) is 0.659. The Kier molecular flexibility index (Phi) is 4.62. The van der Waals surface area contributed by atoms with Gasteiger partial charge in [0.05, 0.1) is 27.0 Å². The molecular formula is C23H22N4O4. The largest absolute Gasteiger partial charge is 0.493 e. The fraction of sp³-hybridized carbons (Fsp3) is 0.261. The van der Waals surface area contributed by atoms with Crippen molar-refractivity contribution in [1.82, 2.24) is 14.9 Å². The number of aromatic amines is 1. The van der Waals surface area contributed by atoms with Gasteiger partial charge in [-0.1, -0.05) is 18.2 Å². The average molecular weight is 418 g/mol. The first kappa shape index (κ1) is 19.2. The summed E-state index contributed by atoms with van der Waals surface area (Å²) >= 11 is 0. The number of amides is 2. The van der Waals surface area contributed by atoms with Crippen LogP contribution in [0.15, 0.2) is 47.6 Å². The second-order valence-corrected chi connectivity index (χ2v) is 7.62. The van der Waals surface area contributed by atoms with Crippen molar-refractivity contribution in [3.05, 3.63) is 59.3 Å². The molecule has 2 aromatic carbocycles. The minimum atomic E-state index is -0.546. The van der Waals surface area contributed by atoms with E-state index in [4.69, 9.17) is 9.47 Å². The van der Waals surface area contributed by atoms with Crippen molar-refractivity contribution in [2.24, 2.45) is 5.10 Å². The van der Waals surface area contributed by atoms with Crippen molar-refractivity contribution in [3.63, 3.8) is 0 Å². The molecule has 0 radical (unpaired) electrons. The van der Waals surface area contributed by atoms with Gasteiger partial charge in [0.2, 0.25) is 5.91 Å². The van der Waals surface area contributed by atoms with Gasteiger partial charge in [0.1, 0.15) is 12.6 Å². The molecule has 1 atom stereocenters. The van der Waals surface area contributed by atoms with Crippen LogP contribution in [0.4, 0.5) is 0 Å². The molecule has 2 amide bonds. The number of H-pyrrole nitrogens is 1. The lowest BCUT2D eigenvalue weighted by Crippen LogP contribution is -2.60. The van der Waals surface area contributed by atoms with Gasteiger partial charge in [-0.2, -0.15) is 5.10 Å². The molecule has 1 saturated heterocycles. The summed E-state index contributed by atoms with van der Waals surface area (Å²) < 4.78 is 10.5. The van der Waals surface area contributed by atoms with Gasteiger partial charge in [-0.05, 0) is 35.4 Å². The van der Waals surface area contributed by atoms with E-state index in [0.717, 1.165) is 27.7 Å². The van der Waals surface area contributed by atoms with Crippen molar-refractivity contribution >= 4 is 28.9 Å². The molecule has 2 aliphatic rings. The summed E-state index contributed by atoms with van der Waals surface area (Å²) in [7, 11) is 3.13. The molecule has 1 N–H and O–H groups in total. The Balaban J connectivity index is 1.41. The Labute approximate surface area is 179 Å². The van der Waals surface area contributed by atoms with E-state index in [1.807, 2.05) is 30.3 Å². The highest BCUT2D eigenvalue weighted by atomic mass is 16.5. The highest BCUT2D eigenvalue weighted by Gasteiger charge is 2.43. The lowest BCUT2D eigenvalue weighted by molar-refractivity contribution is -0.157. The first-order valence-corrected chi connectivity index (χ1v) is 10.0. The topological polar surface area (TPSA) is 87.2 Å². The SMILES string of the molecule is COc1ccc(C=NN2CC(=O)N3Cc4[nH]c5ccccc5c4CC3C2=O)cc1OC. The molecule has 3 heterocycles. The van der Waals surface area contributed by atoms with E-state index in [-0.39, 0.29) is 18.4 Å². The Hall–Kier alpha value is -3.81. The minimum Gasteiger partial charge on any atom is -0.493 e. The molecule has 0 bridgehead atoms. The molecular weight excluding hydrogens is 396 g/mol. The van der Waals surface area contributed by atoms with Crippen molar-refractivity contribution < 1.29 is 19.1 Å². The first-order valence-electron chi connectivity index (χ1n) is 10.0. The summed E-state index contributed by atoms with van der Waals surface area (Å²) in [4.78, 5) is 31.0. The number of para-hydroxylation sites is 1. The summed E-state index contributed by atoms with van der Waals surface area (Å²) in [5, 5.41) is 6.68. The number of hydrazone groups is 1. The molecule has 31 heavy (non-hydrogen) atoms. The van der Waals surface area contributed by atoms with Crippen LogP contribution in [0.2, 0.25) is 0 Å². The van der Waals surface area contributed by atoms with Gasteiger partial charge in [-0.25, -0.2) is 5.01 Å². The second kappa shape index (κ2) is 7.46. The lowest BCUT2D eigenvalue weighted by Gasteiger charge is -2.40. The number of piperazine rings is 1. The molecule has 0 aliphatic carbocycles. The third-order valence-electron chi connectivity index (χ3n) is 5.90. The number of carbonyl (C=O) groups excluding carboxylic acids is 2. The van der Waals surface area contributed by atoms with E-state index in [1.165, 1.54) is 5.01 Å². The molecule has 8 nitrogen and oxygen atoms in total. The fourth-order valence-electron chi connectivity index (χ4n) is 4.33. The highest BCUT2D eigenvalue weighted by Crippen LogP contribution is 2.32. The molecule has 1 fully saturated rings. The van der Waals surface area contributed by atoms with Crippen LogP contribution in [0.25, 0.3) is 10.9 Å². The van der Waals surface area contributed by atoms with E-state index in [1.54, 1.807) is 37.5 Å². The van der Waals surface area contributed by atoms with Crippen LogP contribution in [-0.2, 0) is 22.6 Å². The normalized spacial score (nSPS) is 18.5. The zero-order valence-electron chi connectivity index (χ0n) is 17.3. The Morgan fingerprint density at radius 3 is 2.68 bits per heavy atom. The van der Waals surface area contributed by atoms with Crippen LogP contribution < -0.4 is 9.47 Å². The minimum absolute atomic E-state index is 0.0747. The number of nitrogens with zero attached hydrogens (tertiary/aromatic N) is 3. The van der Waals surface area contributed by atoms with Crippen LogP contribution in [0.3, 0.4) is 0 Å². The van der Waals surface area contributed by atoms with Crippen molar-refractivity contribution in [1.29, 1.82) is 0 Å². The number of carbonyl (C=O) groups is 2. The number of hydrogen-bond acceptors (Lipinski definition) is 5. The maximum absolute atomic E-state index is 13.2. The Bertz CT molecular complexity index is 1220. The molecule has 0 saturated carbocycles. The van der Waals surface area contributed by atoms with E-state index >= 15 is 0 Å². The average Bonchev–Trinajstić information content (AvgIpc) is 3.17. The number of fused-ring (bicyclic) bond motifs is 4. The molecule has 0 spiro atoms. The second-order valence-electron chi connectivity index (χ2n) is 7.62. The third-order valence-corrected chi connectivity index (χ3v) is 5.90. The third kappa shape index (κ3) is 3.20. The number of nitrogens with one attached hydrogen (secondary N) is 1. The highest BCUT2D eigenvalue weighted by molar-refractivity contribution is 5.97. The predicted molar refractivity (Wildman–Crippen MR) is 115 cm³/mol. The number of aromatic nitrogens is 1. The summed E-state index contributed by atoms with van der Waals surface area (Å²) in [6.45, 7) is 0.334. The van der Waals surface area contributed by atoms with E-state index in [2.05, 4.69) is 10.1 Å². The standard InChI is InChI=1S/C23H22N4O4/c1-30-20-8-7-14(9-21(20)31-2)11-24-27-13-22(28)26-12-18-16(10-19(26)23(27)29)15-5-3-4-6-17(15)25-18/h3-9,11,19,25H,10,12-13H2,1-2H3. The fourth-order valence-corrected chi connectivity index (χ4v) is 4.33. The number of ether oxygens (including phenoxy) is 2. The summed E-state index contributed by atoms with van der Waals surface area (Å²) in [6, 6.07) is 12.8. The van der Waals surface area contributed by atoms with Crippen LogP contribution in [0, 0.1) is 0 Å². The maximum Gasteiger partial charge on any atom is 0.266 e. The monoisotopic (exact) mass is 418 g/mol. The zero-order valence-corrected chi connectivity index (χ0v) is 17.3. The smallest absolute Gasteiger partial charge is 0.266 e. The van der Waals surface area contributed by atoms with Crippen LogP contribution >= 0.6 is 0 Å². The van der Waals surface area contributed by atoms with Gasteiger partial charge in [-0.3, -0.25) is 9.59 Å². The predicted octanol–water partition coefficient (Wildman–Crippen LogP) is 2.31. The summed E-state index contributed by atoms with van der Waals surface area (Å²) in [5.74, 6) is 0.889. The first-order chi connectivity index (χ1) is 15.1. The summed E-state index contributed by atoms with van der Waals surface area (Å²) in [6.07, 6.45) is 2.04. The van der Waals surface area contributed by atoms with Crippen molar-refractivity contribution in [2.45, 2.75) is 19.0 Å². The zero-order chi connectivity index (χ0) is 21.5. The van der Waals surface area contributed by atoms with Gasteiger partial charge < -0.3 is 19.4 Å². The van der Waals surface area contributed by atoms with Gasteiger partial charge in [0.25, 0.3) is 5.91 Å². The van der Waals surface area contributed by atoms with Gasteiger partial charge >= 0.3 is 0 Å². The molecule has 1 aromatic heterocycles. The number of hydrogen-bond donors (Lipinski definition) is 1. The molecule has 1 unspecified atom stereocenters. The Morgan fingerprint density at radius 2 is 1.87 bits per heavy atom. The van der Waals surface area contributed by atoms with Crippen molar-refractivity contribution in [2.75, 3.05) is 20.8 Å². The molecule has 8 heteroatoms. The van der Waals surface area contributed by atoms with Crippen molar-refractivity contribution in [3.8, 4) is 11.5 Å². The van der Waals surface area contributed by atoms with Crippen LogP contribution in [-0.4, -0.2) is 59.7 Å². The molecule has 2 aliphatic heterocycles. The van der Waals surface area contributed by atoms with Gasteiger partial charge in [0, 0.05) is 23.0 Å². The van der Waals surface area contributed by atoms with E-state index < -0.39 is 6.04 Å². The van der Waals surface area contributed by atoms with E-state index in [9.17, 15) is 9.59 Å². The molecule has 5 rings (SSSR count).